The molecule has 2 saturated heterocycles. The first-order chi connectivity index (χ1) is 12.0. The van der Waals surface area contributed by atoms with Gasteiger partial charge in [-0.3, -0.25) is 9.69 Å². The van der Waals surface area contributed by atoms with E-state index in [9.17, 15) is 9.59 Å². The fraction of sp³-hybridized carbons (Fsp3) is 0.368. The molecule has 2 fully saturated rings. The third kappa shape index (κ3) is 3.18. The quantitative estimate of drug-likeness (QED) is 0.835. The van der Waals surface area contributed by atoms with Gasteiger partial charge in [-0.2, -0.15) is 0 Å². The summed E-state index contributed by atoms with van der Waals surface area (Å²) in [4.78, 5) is 27.1. The van der Waals surface area contributed by atoms with Crippen LogP contribution in [-0.2, 0) is 11.3 Å². The summed E-state index contributed by atoms with van der Waals surface area (Å²) in [5, 5.41) is 2.14. The Morgan fingerprint density at radius 1 is 1.12 bits per heavy atom. The molecule has 2 heterocycles. The minimum atomic E-state index is -0.465. The van der Waals surface area contributed by atoms with Crippen molar-refractivity contribution in [3.8, 4) is 0 Å². The van der Waals surface area contributed by atoms with Crippen LogP contribution >= 0.6 is 12.6 Å². The third-order valence-corrected chi connectivity index (χ3v) is 5.46. The molecule has 0 saturated carbocycles. The molecule has 2 aromatic rings. The van der Waals surface area contributed by atoms with Crippen LogP contribution in [0.4, 0.5) is 9.59 Å². The molecule has 2 aromatic carbocycles. The van der Waals surface area contributed by atoms with Gasteiger partial charge in [0, 0.05) is 32.5 Å². The Balaban J connectivity index is 1.46. The summed E-state index contributed by atoms with van der Waals surface area (Å²) in [6, 6.07) is 14.5. The van der Waals surface area contributed by atoms with E-state index in [4.69, 9.17) is 4.74 Å². The summed E-state index contributed by atoms with van der Waals surface area (Å²) >= 11 is 3.87. The van der Waals surface area contributed by atoms with Crippen LogP contribution < -0.4 is 0 Å². The zero-order valence-corrected chi connectivity index (χ0v) is 14.7. The highest BCUT2D eigenvalue weighted by atomic mass is 32.1. The fourth-order valence-corrected chi connectivity index (χ4v) is 3.94. The monoisotopic (exact) mass is 356 g/mol. The van der Waals surface area contributed by atoms with Crippen LogP contribution in [0.1, 0.15) is 18.4 Å². The lowest BCUT2D eigenvalue weighted by Crippen LogP contribution is -2.47. The van der Waals surface area contributed by atoms with Gasteiger partial charge in [0.05, 0.1) is 6.54 Å². The first-order valence-electron chi connectivity index (χ1n) is 8.48. The predicted octanol–water partition coefficient (Wildman–Crippen LogP) is 3.68. The molecule has 2 aliphatic heterocycles. The normalized spacial score (nSPS) is 19.5. The van der Waals surface area contributed by atoms with Crippen LogP contribution in [0.3, 0.4) is 0 Å². The minimum absolute atomic E-state index is 0.216. The lowest BCUT2D eigenvalue weighted by Gasteiger charge is -2.36. The molecule has 2 amide bonds. The second kappa shape index (κ2) is 6.26. The maximum absolute atomic E-state index is 12.3. The maximum Gasteiger partial charge on any atom is 0.410 e. The molecule has 2 aliphatic rings. The number of benzene rings is 2. The van der Waals surface area contributed by atoms with Crippen molar-refractivity contribution in [3.63, 3.8) is 0 Å². The summed E-state index contributed by atoms with van der Waals surface area (Å²) in [6.45, 7) is 2.28. The number of likely N-dealkylation sites (tertiary alicyclic amines) is 1. The van der Waals surface area contributed by atoms with E-state index in [0.29, 0.717) is 39.0 Å². The minimum Gasteiger partial charge on any atom is -0.441 e. The molecule has 0 unspecified atom stereocenters. The van der Waals surface area contributed by atoms with Gasteiger partial charge in [0.1, 0.15) is 5.60 Å². The van der Waals surface area contributed by atoms with Crippen LogP contribution in [0.5, 0.6) is 0 Å². The van der Waals surface area contributed by atoms with Gasteiger partial charge in [0.25, 0.3) is 5.24 Å². The highest BCUT2D eigenvalue weighted by Gasteiger charge is 2.47. The van der Waals surface area contributed by atoms with Crippen LogP contribution in [-0.4, -0.2) is 46.4 Å². The molecule has 0 aliphatic carbocycles. The summed E-state index contributed by atoms with van der Waals surface area (Å²) in [6.07, 6.45) is 1.07. The third-order valence-electron chi connectivity index (χ3n) is 5.17. The lowest BCUT2D eigenvalue weighted by molar-refractivity contribution is 0.0120. The average Bonchev–Trinajstić information content (AvgIpc) is 2.90. The van der Waals surface area contributed by atoms with Gasteiger partial charge in [-0.1, -0.05) is 49.0 Å². The summed E-state index contributed by atoms with van der Waals surface area (Å²) in [5.74, 6) is 0. The maximum atomic E-state index is 12.3. The molecule has 4 rings (SSSR count). The van der Waals surface area contributed by atoms with Crippen LogP contribution in [0.2, 0.25) is 0 Å². The summed E-state index contributed by atoms with van der Waals surface area (Å²) in [5.41, 5.74) is 0.629. The molecule has 0 aromatic heterocycles. The number of fused-ring (bicyclic) bond motifs is 1. The van der Waals surface area contributed by atoms with Gasteiger partial charge in [-0.25, -0.2) is 4.79 Å². The van der Waals surface area contributed by atoms with Gasteiger partial charge in [0.2, 0.25) is 0 Å². The van der Waals surface area contributed by atoms with Gasteiger partial charge in [-0.05, 0) is 22.4 Å². The molecule has 0 radical (unpaired) electrons. The molecule has 1 spiro atoms. The van der Waals surface area contributed by atoms with E-state index in [2.05, 4.69) is 43.0 Å². The molecular weight excluding hydrogens is 336 g/mol. The Bertz CT molecular complexity index is 830. The van der Waals surface area contributed by atoms with Crippen molar-refractivity contribution < 1.29 is 14.3 Å². The zero-order chi connectivity index (χ0) is 17.4. The van der Waals surface area contributed by atoms with Crippen molar-refractivity contribution in [2.75, 3.05) is 19.6 Å². The Hall–Kier alpha value is -2.21. The van der Waals surface area contributed by atoms with E-state index in [-0.39, 0.29) is 11.3 Å². The van der Waals surface area contributed by atoms with E-state index in [0.717, 1.165) is 5.56 Å². The number of hydrogen-bond donors (Lipinski definition) is 1. The second-order valence-corrected chi connectivity index (χ2v) is 7.24. The average molecular weight is 356 g/mol. The lowest BCUT2D eigenvalue weighted by atomic mass is 9.91. The Kier molecular flexibility index (Phi) is 4.07. The number of ether oxygens (including phenoxy) is 1. The predicted molar refractivity (Wildman–Crippen MR) is 98.8 cm³/mol. The van der Waals surface area contributed by atoms with E-state index < -0.39 is 5.60 Å². The van der Waals surface area contributed by atoms with Crippen molar-refractivity contribution in [2.24, 2.45) is 0 Å². The number of amides is 2. The smallest absolute Gasteiger partial charge is 0.410 e. The number of carbonyl (C=O) groups is 2. The Labute approximate surface area is 151 Å². The number of hydrogen-bond acceptors (Lipinski definition) is 3. The van der Waals surface area contributed by atoms with E-state index in [1.807, 2.05) is 12.1 Å². The SMILES string of the molecule is O=C(S)N1CCC2(CC1)CN(Cc1ccc3ccccc3c1)C(=O)O2. The number of rotatable bonds is 2. The topological polar surface area (TPSA) is 49.9 Å². The van der Waals surface area contributed by atoms with Crippen molar-refractivity contribution >= 4 is 34.7 Å². The number of thiol groups is 1. The summed E-state index contributed by atoms with van der Waals surface area (Å²) < 4.78 is 5.71. The van der Waals surface area contributed by atoms with Gasteiger partial charge in [0.15, 0.2) is 0 Å². The van der Waals surface area contributed by atoms with Gasteiger partial charge >= 0.3 is 6.09 Å². The molecular formula is C19H20N2O3S. The standard InChI is InChI=1S/C19H20N2O3S/c22-17-21(12-14-5-6-15-3-1-2-4-16(15)11-14)13-19(24-17)7-9-20(10-8-19)18(23)25/h1-6,11H,7-10,12-13H2,(H,23,25). The Morgan fingerprint density at radius 3 is 2.56 bits per heavy atom. The number of nitrogens with zero attached hydrogens (tertiary/aromatic N) is 2. The molecule has 5 nitrogen and oxygen atoms in total. The highest BCUT2D eigenvalue weighted by Crippen LogP contribution is 2.34. The second-order valence-electron chi connectivity index (χ2n) is 6.86. The van der Waals surface area contributed by atoms with Crippen molar-refractivity contribution in [3.05, 3.63) is 48.0 Å². The molecule has 130 valence electrons. The number of piperidine rings is 1. The van der Waals surface area contributed by atoms with Crippen molar-refractivity contribution in [1.29, 1.82) is 0 Å². The van der Waals surface area contributed by atoms with E-state index in [1.54, 1.807) is 9.80 Å². The molecule has 0 bridgehead atoms. The summed E-state index contributed by atoms with van der Waals surface area (Å²) in [7, 11) is 0. The van der Waals surface area contributed by atoms with Crippen LogP contribution in [0, 0.1) is 0 Å². The van der Waals surface area contributed by atoms with Crippen molar-refractivity contribution in [1.82, 2.24) is 9.80 Å². The highest BCUT2D eigenvalue weighted by molar-refractivity contribution is 7.96. The first kappa shape index (κ1) is 16.3. The molecule has 25 heavy (non-hydrogen) atoms. The molecule has 0 N–H and O–H groups in total. The largest absolute Gasteiger partial charge is 0.441 e. The zero-order valence-electron chi connectivity index (χ0n) is 13.9. The number of carbonyl (C=O) groups excluding carboxylic acids is 2. The molecule has 6 heteroatoms. The van der Waals surface area contributed by atoms with Gasteiger partial charge < -0.3 is 9.64 Å². The fourth-order valence-electron chi connectivity index (χ4n) is 3.74. The van der Waals surface area contributed by atoms with E-state index >= 15 is 0 Å². The van der Waals surface area contributed by atoms with Crippen LogP contribution in [0.15, 0.2) is 42.5 Å². The first-order valence-corrected chi connectivity index (χ1v) is 8.93. The van der Waals surface area contributed by atoms with Crippen LogP contribution in [0.25, 0.3) is 10.8 Å². The molecule has 0 atom stereocenters. The Morgan fingerprint density at radius 2 is 1.84 bits per heavy atom. The van der Waals surface area contributed by atoms with Gasteiger partial charge in [-0.15, -0.1) is 0 Å². The van der Waals surface area contributed by atoms with Crippen molar-refractivity contribution in [2.45, 2.75) is 25.0 Å². The van der Waals surface area contributed by atoms with E-state index in [1.165, 1.54) is 10.8 Å².